The normalized spacial score (nSPS) is 16.0. The highest BCUT2D eigenvalue weighted by atomic mass is 32.2. The molecule has 0 unspecified atom stereocenters. The van der Waals surface area contributed by atoms with Crippen LogP contribution in [0, 0.1) is 6.92 Å². The lowest BCUT2D eigenvalue weighted by atomic mass is 10.2. The second-order valence-corrected chi connectivity index (χ2v) is 7.72. The largest absolute Gasteiger partial charge is 0.395 e. The van der Waals surface area contributed by atoms with Gasteiger partial charge in [-0.3, -0.25) is 18.9 Å². The molecule has 1 saturated heterocycles. The van der Waals surface area contributed by atoms with Crippen molar-refractivity contribution >= 4 is 51.7 Å². The van der Waals surface area contributed by atoms with Gasteiger partial charge in [-0.15, -0.1) is 0 Å². The third kappa shape index (κ3) is 3.76. The summed E-state index contributed by atoms with van der Waals surface area (Å²) in [5, 5.41) is 12.1. The third-order valence-corrected chi connectivity index (χ3v) is 5.46. The molecule has 2 aromatic rings. The molecule has 1 aliphatic heterocycles. The van der Waals surface area contributed by atoms with Crippen LogP contribution in [0.5, 0.6) is 0 Å². The number of carbonyl (C=O) groups is 1. The standard InChI is InChI=1S/C18H20N4O3S2/c1-3-7-22-17(25)13(27-18(22)26)10-12-14(19-6-9-23)20-15-11(2)5-4-8-21(15)16(12)24/h4-5,8,10,19,23H,3,6-7,9H2,1-2H3. The molecular formula is C18H20N4O3S2. The molecule has 0 saturated carbocycles. The van der Waals surface area contributed by atoms with Crippen LogP contribution in [0.15, 0.2) is 28.0 Å². The van der Waals surface area contributed by atoms with Gasteiger partial charge in [-0.2, -0.15) is 0 Å². The third-order valence-electron chi connectivity index (χ3n) is 4.08. The van der Waals surface area contributed by atoms with E-state index in [0.717, 1.165) is 12.0 Å². The second-order valence-electron chi connectivity index (χ2n) is 6.05. The highest BCUT2D eigenvalue weighted by Crippen LogP contribution is 2.33. The first kappa shape index (κ1) is 19.5. The van der Waals surface area contributed by atoms with Crippen LogP contribution in [-0.2, 0) is 4.79 Å². The lowest BCUT2D eigenvalue weighted by molar-refractivity contribution is -0.122. The predicted octanol–water partition coefficient (Wildman–Crippen LogP) is 2.02. The number of anilines is 1. The molecule has 1 aliphatic rings. The van der Waals surface area contributed by atoms with Crippen LogP contribution < -0.4 is 10.9 Å². The summed E-state index contributed by atoms with van der Waals surface area (Å²) in [6, 6.07) is 3.64. The average Bonchev–Trinajstić information content (AvgIpc) is 2.91. The van der Waals surface area contributed by atoms with Crippen LogP contribution in [0.1, 0.15) is 24.5 Å². The first-order valence-corrected chi connectivity index (χ1v) is 9.82. The number of rotatable bonds is 6. The second kappa shape index (κ2) is 8.20. The van der Waals surface area contributed by atoms with Crippen molar-refractivity contribution in [1.82, 2.24) is 14.3 Å². The number of thiocarbonyl (C=S) groups is 1. The van der Waals surface area contributed by atoms with Crippen molar-refractivity contribution in [1.29, 1.82) is 0 Å². The number of amides is 1. The number of fused-ring (bicyclic) bond motifs is 1. The summed E-state index contributed by atoms with van der Waals surface area (Å²) in [6.45, 7) is 4.53. The number of aliphatic hydroxyl groups is 1. The Morgan fingerprint density at radius 2 is 2.19 bits per heavy atom. The fourth-order valence-corrected chi connectivity index (χ4v) is 4.09. The number of pyridine rings is 1. The maximum absolute atomic E-state index is 13.1. The van der Waals surface area contributed by atoms with Crippen LogP contribution in [0.4, 0.5) is 5.82 Å². The number of carbonyl (C=O) groups excluding carboxylic acids is 1. The quantitative estimate of drug-likeness (QED) is 0.563. The topological polar surface area (TPSA) is 86.9 Å². The highest BCUT2D eigenvalue weighted by molar-refractivity contribution is 8.26. The van der Waals surface area contributed by atoms with Crippen molar-refractivity contribution in [3.05, 3.63) is 44.7 Å². The molecule has 0 spiro atoms. The number of aliphatic hydroxyl groups excluding tert-OH is 1. The van der Waals surface area contributed by atoms with E-state index < -0.39 is 0 Å². The van der Waals surface area contributed by atoms with Crippen molar-refractivity contribution in [3.8, 4) is 0 Å². The van der Waals surface area contributed by atoms with E-state index in [2.05, 4.69) is 10.3 Å². The van der Waals surface area contributed by atoms with Gasteiger partial charge in [0.25, 0.3) is 11.5 Å². The van der Waals surface area contributed by atoms with Gasteiger partial charge >= 0.3 is 0 Å². The minimum Gasteiger partial charge on any atom is -0.395 e. The van der Waals surface area contributed by atoms with Crippen molar-refractivity contribution in [2.45, 2.75) is 20.3 Å². The molecule has 9 heteroatoms. The van der Waals surface area contributed by atoms with Crippen molar-refractivity contribution in [2.24, 2.45) is 0 Å². The maximum atomic E-state index is 13.1. The summed E-state index contributed by atoms with van der Waals surface area (Å²) in [5.41, 5.74) is 1.36. The number of thioether (sulfide) groups is 1. The number of aryl methyl sites for hydroxylation is 1. The van der Waals surface area contributed by atoms with Gasteiger partial charge in [0.05, 0.1) is 17.1 Å². The molecule has 0 aliphatic carbocycles. The van der Waals surface area contributed by atoms with Gasteiger partial charge in [0, 0.05) is 19.3 Å². The molecule has 0 radical (unpaired) electrons. The zero-order valence-electron chi connectivity index (χ0n) is 15.1. The van der Waals surface area contributed by atoms with Gasteiger partial charge in [0.1, 0.15) is 15.8 Å². The van der Waals surface area contributed by atoms with Gasteiger partial charge in [0.2, 0.25) is 0 Å². The van der Waals surface area contributed by atoms with Gasteiger partial charge in [-0.05, 0) is 31.1 Å². The molecule has 7 nitrogen and oxygen atoms in total. The molecule has 1 fully saturated rings. The Morgan fingerprint density at radius 1 is 1.41 bits per heavy atom. The number of nitrogens with zero attached hydrogens (tertiary/aromatic N) is 3. The van der Waals surface area contributed by atoms with Crippen LogP contribution >= 0.6 is 24.0 Å². The van der Waals surface area contributed by atoms with Crippen molar-refractivity contribution < 1.29 is 9.90 Å². The summed E-state index contributed by atoms with van der Waals surface area (Å²) in [7, 11) is 0. The smallest absolute Gasteiger partial charge is 0.267 e. The van der Waals surface area contributed by atoms with Gasteiger partial charge in [-0.1, -0.05) is 37.0 Å². The van der Waals surface area contributed by atoms with E-state index in [4.69, 9.17) is 17.3 Å². The number of aromatic nitrogens is 2. The molecule has 0 atom stereocenters. The van der Waals surface area contributed by atoms with Crippen molar-refractivity contribution in [2.75, 3.05) is 25.0 Å². The molecule has 2 aromatic heterocycles. The monoisotopic (exact) mass is 404 g/mol. The van der Waals surface area contributed by atoms with E-state index in [9.17, 15) is 9.59 Å². The summed E-state index contributed by atoms with van der Waals surface area (Å²) in [5.74, 6) is 0.137. The van der Waals surface area contributed by atoms with E-state index in [1.165, 1.54) is 16.2 Å². The minimum absolute atomic E-state index is 0.104. The van der Waals surface area contributed by atoms with E-state index in [1.807, 2.05) is 19.9 Å². The Kier molecular flexibility index (Phi) is 5.93. The van der Waals surface area contributed by atoms with Crippen LogP contribution in [-0.4, -0.2) is 49.3 Å². The lowest BCUT2D eigenvalue weighted by Crippen LogP contribution is -2.28. The molecule has 142 valence electrons. The Bertz CT molecular complexity index is 1000. The van der Waals surface area contributed by atoms with E-state index in [0.29, 0.717) is 27.2 Å². The van der Waals surface area contributed by atoms with E-state index in [1.54, 1.807) is 23.2 Å². The Balaban J connectivity index is 2.15. The fraction of sp³-hybridized carbons (Fsp3) is 0.333. The number of hydrogen-bond acceptors (Lipinski definition) is 7. The Hall–Kier alpha value is -2.23. The average molecular weight is 405 g/mol. The molecule has 0 aromatic carbocycles. The number of hydrogen-bond donors (Lipinski definition) is 2. The van der Waals surface area contributed by atoms with Gasteiger partial charge < -0.3 is 10.4 Å². The highest BCUT2D eigenvalue weighted by Gasteiger charge is 2.31. The molecule has 2 N–H and O–H groups in total. The molecule has 0 bridgehead atoms. The van der Waals surface area contributed by atoms with Gasteiger partial charge in [-0.25, -0.2) is 4.98 Å². The molecule has 27 heavy (non-hydrogen) atoms. The summed E-state index contributed by atoms with van der Waals surface area (Å²) in [6.07, 6.45) is 3.98. The van der Waals surface area contributed by atoms with E-state index in [-0.39, 0.29) is 30.2 Å². The van der Waals surface area contributed by atoms with Gasteiger partial charge in [0.15, 0.2) is 0 Å². The SMILES string of the molecule is CCCN1C(=O)C(=Cc2c(NCCO)nc3c(C)cccn3c2=O)SC1=S. The lowest BCUT2D eigenvalue weighted by Gasteiger charge is -2.12. The Morgan fingerprint density at radius 3 is 2.89 bits per heavy atom. The summed E-state index contributed by atoms with van der Waals surface area (Å²) in [4.78, 5) is 32.2. The predicted molar refractivity (Wildman–Crippen MR) is 112 cm³/mol. The molecule has 3 heterocycles. The van der Waals surface area contributed by atoms with Crippen molar-refractivity contribution in [3.63, 3.8) is 0 Å². The zero-order chi connectivity index (χ0) is 19.6. The van der Waals surface area contributed by atoms with E-state index >= 15 is 0 Å². The summed E-state index contributed by atoms with van der Waals surface area (Å²) < 4.78 is 1.95. The van der Waals surface area contributed by atoms with Crippen LogP contribution in [0.2, 0.25) is 0 Å². The molecular weight excluding hydrogens is 384 g/mol. The minimum atomic E-state index is -0.287. The molecule has 1 amide bonds. The summed E-state index contributed by atoms with van der Waals surface area (Å²) >= 11 is 6.47. The first-order chi connectivity index (χ1) is 13.0. The fourth-order valence-electron chi connectivity index (χ4n) is 2.80. The van der Waals surface area contributed by atoms with Crippen LogP contribution in [0.3, 0.4) is 0 Å². The molecule has 3 rings (SSSR count). The first-order valence-electron chi connectivity index (χ1n) is 8.60. The number of nitrogens with one attached hydrogen (secondary N) is 1. The Labute approximate surface area is 166 Å². The maximum Gasteiger partial charge on any atom is 0.267 e. The van der Waals surface area contributed by atoms with Crippen LogP contribution in [0.25, 0.3) is 11.7 Å². The zero-order valence-corrected chi connectivity index (χ0v) is 16.7.